The highest BCUT2D eigenvalue weighted by Gasteiger charge is 2.25. The van der Waals surface area contributed by atoms with E-state index in [-0.39, 0.29) is 18.0 Å². The molecule has 2 atom stereocenters. The van der Waals surface area contributed by atoms with Crippen molar-refractivity contribution in [1.82, 2.24) is 35.5 Å². The summed E-state index contributed by atoms with van der Waals surface area (Å²) in [5, 5.41) is 20.8. The molecule has 4 N–H and O–H groups in total. The normalized spacial score (nSPS) is 16.5. The lowest BCUT2D eigenvalue weighted by Crippen LogP contribution is -2.33. The quantitative estimate of drug-likeness (QED) is 0.156. The number of amides is 2. The Kier molecular flexibility index (Phi) is 10.3. The summed E-state index contributed by atoms with van der Waals surface area (Å²) in [7, 11) is 1.28. The molecule has 0 aliphatic carbocycles. The molecule has 15 heteroatoms. The molecule has 0 fully saturated rings. The molecule has 0 spiro atoms. The summed E-state index contributed by atoms with van der Waals surface area (Å²) in [6.07, 6.45) is 7.74. The first-order valence-electron chi connectivity index (χ1n) is 14.7. The first kappa shape index (κ1) is 32.2. The zero-order valence-electron chi connectivity index (χ0n) is 25.5. The van der Waals surface area contributed by atoms with E-state index in [1.807, 2.05) is 0 Å². The van der Waals surface area contributed by atoms with E-state index in [4.69, 9.17) is 26.1 Å². The van der Waals surface area contributed by atoms with Crippen molar-refractivity contribution in [3.05, 3.63) is 71.4 Å². The number of esters is 1. The second kappa shape index (κ2) is 14.7. The fraction of sp³-hybridized carbons (Fsp3) is 0.323. The van der Waals surface area contributed by atoms with Gasteiger partial charge in [0.15, 0.2) is 0 Å². The van der Waals surface area contributed by atoms with Gasteiger partial charge in [-0.15, -0.1) is 5.10 Å². The van der Waals surface area contributed by atoms with Crippen molar-refractivity contribution in [1.29, 1.82) is 0 Å². The van der Waals surface area contributed by atoms with E-state index in [2.05, 4.69) is 36.5 Å². The number of hydrogen-bond acceptors (Lipinski definition) is 10. The molecule has 2 aromatic heterocycles. The Labute approximate surface area is 269 Å². The van der Waals surface area contributed by atoms with Crippen LogP contribution in [0.25, 0.3) is 23.0 Å². The van der Waals surface area contributed by atoms with Crippen LogP contribution in [0.2, 0.25) is 5.02 Å². The van der Waals surface area contributed by atoms with Crippen molar-refractivity contribution >= 4 is 47.0 Å². The number of benzene rings is 2. The van der Waals surface area contributed by atoms with Crippen LogP contribution in [0.15, 0.2) is 55.0 Å². The van der Waals surface area contributed by atoms with Crippen molar-refractivity contribution in [3.8, 4) is 16.9 Å². The van der Waals surface area contributed by atoms with E-state index < -0.39 is 18.2 Å². The zero-order chi connectivity index (χ0) is 32.6. The minimum absolute atomic E-state index is 0.292. The maximum absolute atomic E-state index is 13.2. The van der Waals surface area contributed by atoms with E-state index in [1.165, 1.54) is 24.2 Å². The predicted octanol–water partition coefficient (Wildman–Crippen LogP) is 5.06. The van der Waals surface area contributed by atoms with Crippen LogP contribution in [0.5, 0.6) is 0 Å². The maximum Gasteiger partial charge on any atom is 0.411 e. The lowest BCUT2D eigenvalue weighted by Gasteiger charge is -2.23. The number of nitrogens with zero attached hydrogens (tertiary/aromatic N) is 5. The van der Waals surface area contributed by atoms with Crippen LogP contribution >= 0.6 is 11.6 Å². The predicted molar refractivity (Wildman–Crippen MR) is 171 cm³/mol. The number of carbonyl (C=O) groups is 3. The number of carbonyl (C=O) groups excluding carboxylic acids is 3. The number of imidazole rings is 1. The largest absolute Gasteiger partial charge is 0.461 e. The molecule has 0 radical (unpaired) electrons. The van der Waals surface area contributed by atoms with Crippen LogP contribution in [-0.2, 0) is 19.1 Å². The van der Waals surface area contributed by atoms with Crippen molar-refractivity contribution < 1.29 is 23.9 Å². The molecule has 14 nitrogen and oxygen atoms in total. The minimum atomic E-state index is -0.657. The van der Waals surface area contributed by atoms with Gasteiger partial charge in [0, 0.05) is 39.8 Å². The molecule has 2 aromatic carbocycles. The monoisotopic (exact) mass is 647 g/mol. The van der Waals surface area contributed by atoms with E-state index in [1.54, 1.807) is 62.5 Å². The highest BCUT2D eigenvalue weighted by atomic mass is 35.5. The first-order valence-corrected chi connectivity index (χ1v) is 15.1. The number of H-pyrrole nitrogens is 1. The third-order valence-electron chi connectivity index (χ3n) is 7.17. The number of rotatable bonds is 7. The van der Waals surface area contributed by atoms with Gasteiger partial charge in [-0.3, -0.25) is 10.1 Å². The lowest BCUT2D eigenvalue weighted by atomic mass is 10.0. The molecule has 2 bridgehead atoms. The third-order valence-corrected chi connectivity index (χ3v) is 7.41. The Balaban J connectivity index is 1.42. The van der Waals surface area contributed by atoms with Gasteiger partial charge in [0.05, 0.1) is 30.6 Å². The molecule has 0 saturated heterocycles. The Morgan fingerprint density at radius 3 is 2.72 bits per heavy atom. The highest BCUT2D eigenvalue weighted by Crippen LogP contribution is 2.33. The van der Waals surface area contributed by atoms with Gasteiger partial charge in [0.1, 0.15) is 18.2 Å². The molecule has 240 valence electrons. The Hall–Kier alpha value is -5.24. The van der Waals surface area contributed by atoms with Crippen molar-refractivity contribution in [2.75, 3.05) is 17.7 Å². The minimum Gasteiger partial charge on any atom is -0.461 e. The number of halogens is 1. The first-order chi connectivity index (χ1) is 22.2. The number of aromatic nitrogens is 6. The molecule has 4 aromatic rings. The fourth-order valence-corrected chi connectivity index (χ4v) is 5.22. The van der Waals surface area contributed by atoms with Gasteiger partial charge in [0.2, 0.25) is 5.91 Å². The molecule has 5 rings (SSSR count). The van der Waals surface area contributed by atoms with Crippen LogP contribution in [0, 0.1) is 0 Å². The number of ether oxygens (including phenoxy) is 2. The molecular formula is C31H34ClN9O5. The molecule has 1 aliphatic rings. The van der Waals surface area contributed by atoms with Crippen LogP contribution in [-0.4, -0.2) is 67.4 Å². The highest BCUT2D eigenvalue weighted by molar-refractivity contribution is 6.30. The van der Waals surface area contributed by atoms with Crippen LogP contribution in [0.4, 0.5) is 16.2 Å². The van der Waals surface area contributed by atoms with Crippen molar-refractivity contribution in [2.45, 2.75) is 57.7 Å². The van der Waals surface area contributed by atoms with Crippen LogP contribution in [0.3, 0.4) is 0 Å². The van der Waals surface area contributed by atoms with Crippen LogP contribution < -0.4 is 16.0 Å². The fourth-order valence-electron chi connectivity index (χ4n) is 5.04. The maximum atomic E-state index is 13.2. The van der Waals surface area contributed by atoms with Gasteiger partial charge in [-0.1, -0.05) is 24.4 Å². The molecule has 0 saturated carbocycles. The molecular weight excluding hydrogens is 614 g/mol. The van der Waals surface area contributed by atoms with Gasteiger partial charge in [-0.25, -0.2) is 14.6 Å². The second-order valence-corrected chi connectivity index (χ2v) is 11.3. The number of methoxy groups -OCH3 is 1. The van der Waals surface area contributed by atoms with Gasteiger partial charge in [-0.2, -0.15) is 4.68 Å². The van der Waals surface area contributed by atoms with E-state index in [0.717, 1.165) is 0 Å². The van der Waals surface area contributed by atoms with Gasteiger partial charge < -0.3 is 25.1 Å². The Bertz CT molecular complexity index is 1720. The van der Waals surface area contributed by atoms with Gasteiger partial charge >= 0.3 is 12.1 Å². The summed E-state index contributed by atoms with van der Waals surface area (Å²) in [5.41, 5.74) is 3.61. The van der Waals surface area contributed by atoms with E-state index in [9.17, 15) is 14.4 Å². The summed E-state index contributed by atoms with van der Waals surface area (Å²) in [6, 6.07) is 9.31. The van der Waals surface area contributed by atoms with Crippen LogP contribution in [0.1, 0.15) is 57.0 Å². The van der Waals surface area contributed by atoms with Gasteiger partial charge in [-0.05, 0) is 79.6 Å². The number of tetrazole rings is 1. The zero-order valence-corrected chi connectivity index (χ0v) is 26.2. The standard InChI is InChI=1S/C31H34ClN9O5/c1-18(2)46-30(43)24-7-5-4-6-23(37-28(42)13-8-19-14-20(32)9-12-27(19)41-17-34-39-40-41)29-33-16-26(38-29)22-11-10-21(15-25(22)36-24)35-31(44)45-3/h8-18,23-24,36H,4-7H2,1-3H3,(H,33,38)(H,35,44)(H,37,42)/b13-8+/t23-,24+/m0/s1. The lowest BCUT2D eigenvalue weighted by molar-refractivity contribution is -0.148. The summed E-state index contributed by atoms with van der Waals surface area (Å²) in [6.45, 7) is 3.59. The smallest absolute Gasteiger partial charge is 0.411 e. The molecule has 3 heterocycles. The number of fused-ring (bicyclic) bond motifs is 4. The van der Waals surface area contributed by atoms with Crippen molar-refractivity contribution in [2.24, 2.45) is 0 Å². The summed E-state index contributed by atoms with van der Waals surface area (Å²) in [4.78, 5) is 46.2. The number of anilines is 2. The second-order valence-electron chi connectivity index (χ2n) is 10.9. The third kappa shape index (κ3) is 8.07. The number of nitrogens with one attached hydrogen (secondary N) is 4. The van der Waals surface area contributed by atoms with Gasteiger partial charge in [0.25, 0.3) is 0 Å². The topological polar surface area (TPSA) is 178 Å². The molecule has 46 heavy (non-hydrogen) atoms. The summed E-state index contributed by atoms with van der Waals surface area (Å²) < 4.78 is 11.8. The Morgan fingerprint density at radius 1 is 1.13 bits per heavy atom. The SMILES string of the molecule is COC(=O)Nc1ccc2c(c1)N[C@@H](C(=O)OC(C)C)CCCC[C@H](NC(=O)/C=C/c1cc(Cl)ccc1-n1cnnn1)c1nc-2c[nH]1. The summed E-state index contributed by atoms with van der Waals surface area (Å²) >= 11 is 6.22. The average molecular weight is 648 g/mol. The summed E-state index contributed by atoms with van der Waals surface area (Å²) in [5.74, 6) is -0.145. The molecule has 0 unspecified atom stereocenters. The van der Waals surface area contributed by atoms with E-state index in [0.29, 0.717) is 70.4 Å². The number of hydrogen-bond donors (Lipinski definition) is 4. The number of aromatic amines is 1. The molecule has 1 aliphatic heterocycles. The molecule has 2 amide bonds. The van der Waals surface area contributed by atoms with E-state index >= 15 is 0 Å². The average Bonchev–Trinajstić information content (AvgIpc) is 3.73. The Morgan fingerprint density at radius 2 is 1.96 bits per heavy atom. The van der Waals surface area contributed by atoms with Crippen molar-refractivity contribution in [3.63, 3.8) is 0 Å².